The van der Waals surface area contributed by atoms with Crippen molar-refractivity contribution in [3.05, 3.63) is 76.0 Å². The third-order valence-corrected chi connectivity index (χ3v) is 9.57. The quantitative estimate of drug-likeness (QED) is 0.324. The largest absolute Gasteiger partial charge is 0.493 e. The Labute approximate surface area is 243 Å². The molecule has 2 aromatic carbocycles. The van der Waals surface area contributed by atoms with Crippen LogP contribution in [0.2, 0.25) is 0 Å². The molecule has 7 nitrogen and oxygen atoms in total. The number of ether oxygens (including phenoxy) is 2. The molecule has 42 heavy (non-hydrogen) atoms. The normalized spacial score (nSPS) is 29.2. The van der Waals surface area contributed by atoms with Crippen molar-refractivity contribution >= 4 is 5.97 Å². The van der Waals surface area contributed by atoms with Crippen molar-refractivity contribution in [2.75, 3.05) is 6.61 Å². The highest BCUT2D eigenvalue weighted by Crippen LogP contribution is 2.61. The van der Waals surface area contributed by atoms with E-state index in [1.54, 1.807) is 38.2 Å². The molecule has 0 amide bonds. The number of carboxylic acid groups (broad SMARTS) is 1. The molecule has 2 saturated carbocycles. The van der Waals surface area contributed by atoms with Crippen molar-refractivity contribution in [1.82, 2.24) is 4.98 Å². The highest BCUT2D eigenvalue weighted by molar-refractivity contribution is 5.78. The molecule has 3 aromatic rings. The van der Waals surface area contributed by atoms with Crippen LogP contribution in [0, 0.1) is 43.2 Å². The second kappa shape index (κ2) is 10.0. The number of hydrogen-bond donors (Lipinski definition) is 3. The number of carbonyl (C=O) groups is 1. The second-order valence-electron chi connectivity index (χ2n) is 12.8. The average molecular weight is 580 g/mol. The Morgan fingerprint density at radius 3 is 2.31 bits per heavy atom. The van der Waals surface area contributed by atoms with E-state index in [1.807, 2.05) is 13.8 Å². The fourth-order valence-electron chi connectivity index (χ4n) is 7.13. The summed E-state index contributed by atoms with van der Waals surface area (Å²) in [5.74, 6) is -1.52. The lowest BCUT2D eigenvalue weighted by molar-refractivity contribution is -0.139. The van der Waals surface area contributed by atoms with E-state index in [2.05, 4.69) is 4.98 Å². The first-order valence-electron chi connectivity index (χ1n) is 14.3. The number of fused-ring (bicyclic) bond motifs is 3. The predicted molar refractivity (Wildman–Crippen MR) is 150 cm³/mol. The highest BCUT2D eigenvalue weighted by Gasteiger charge is 2.60. The lowest BCUT2D eigenvalue weighted by Crippen LogP contribution is -2.44. The number of hydrogen-bond acceptors (Lipinski definition) is 6. The van der Waals surface area contributed by atoms with Crippen LogP contribution < -0.4 is 9.47 Å². The number of benzene rings is 2. The fraction of sp³-hybridized carbons (Fsp3) is 0.455. The van der Waals surface area contributed by atoms with Gasteiger partial charge >= 0.3 is 5.97 Å². The van der Waals surface area contributed by atoms with Gasteiger partial charge in [0.1, 0.15) is 24.0 Å². The molecule has 5 atom stereocenters. The number of aliphatic carboxylic acids is 1. The molecule has 2 unspecified atom stereocenters. The summed E-state index contributed by atoms with van der Waals surface area (Å²) >= 11 is 0. The van der Waals surface area contributed by atoms with Crippen LogP contribution in [-0.4, -0.2) is 44.1 Å². The topological polar surface area (TPSA) is 109 Å². The maximum atomic E-state index is 15.1. The minimum absolute atomic E-state index is 0.00910. The molecule has 2 fully saturated rings. The third-order valence-electron chi connectivity index (χ3n) is 9.57. The lowest BCUT2D eigenvalue weighted by Gasteiger charge is -2.31. The Balaban J connectivity index is 1.16. The molecule has 222 valence electrons. The van der Waals surface area contributed by atoms with Crippen LogP contribution in [0.3, 0.4) is 0 Å². The fourth-order valence-corrected chi connectivity index (χ4v) is 7.13. The molecule has 9 heteroatoms. The third kappa shape index (κ3) is 4.92. The van der Waals surface area contributed by atoms with Gasteiger partial charge in [-0.05, 0) is 105 Å². The van der Waals surface area contributed by atoms with Gasteiger partial charge in [-0.25, -0.2) is 13.8 Å². The van der Waals surface area contributed by atoms with Crippen LogP contribution in [-0.2, 0) is 17.8 Å². The Morgan fingerprint density at radius 1 is 1.00 bits per heavy atom. The van der Waals surface area contributed by atoms with E-state index in [0.29, 0.717) is 43.1 Å². The van der Waals surface area contributed by atoms with Gasteiger partial charge in [0.15, 0.2) is 0 Å². The summed E-state index contributed by atoms with van der Waals surface area (Å²) in [4.78, 5) is 15.7. The number of rotatable bonds is 8. The van der Waals surface area contributed by atoms with E-state index in [9.17, 15) is 24.5 Å². The van der Waals surface area contributed by atoms with Crippen LogP contribution in [0.15, 0.2) is 36.5 Å². The van der Waals surface area contributed by atoms with Crippen LogP contribution in [0.1, 0.15) is 60.4 Å². The zero-order valence-corrected chi connectivity index (χ0v) is 24.1. The van der Waals surface area contributed by atoms with Crippen LogP contribution in [0.4, 0.5) is 8.78 Å². The number of nitrogens with zero attached hydrogens (tertiary/aromatic N) is 1. The minimum Gasteiger partial charge on any atom is -0.493 e. The second-order valence-corrected chi connectivity index (χ2v) is 12.8. The molecular formula is C33H35F2NO6. The summed E-state index contributed by atoms with van der Waals surface area (Å²) in [6.45, 7) is 7.13. The molecule has 3 aliphatic carbocycles. The highest BCUT2D eigenvalue weighted by atomic mass is 19.1. The van der Waals surface area contributed by atoms with Gasteiger partial charge in [-0.2, -0.15) is 0 Å². The summed E-state index contributed by atoms with van der Waals surface area (Å²) in [7, 11) is 0. The van der Waals surface area contributed by atoms with Crippen molar-refractivity contribution in [3.8, 4) is 22.8 Å². The van der Waals surface area contributed by atoms with Crippen molar-refractivity contribution < 1.29 is 38.4 Å². The van der Waals surface area contributed by atoms with Crippen molar-refractivity contribution in [2.45, 2.75) is 70.7 Å². The zero-order valence-electron chi connectivity index (χ0n) is 24.1. The Bertz CT molecular complexity index is 1550. The molecule has 0 saturated heterocycles. The number of aliphatic hydroxyl groups is 2. The lowest BCUT2D eigenvalue weighted by atomic mass is 9.90. The van der Waals surface area contributed by atoms with Gasteiger partial charge in [-0.1, -0.05) is 0 Å². The molecule has 1 heterocycles. The van der Waals surface area contributed by atoms with Gasteiger partial charge in [0.25, 0.3) is 0 Å². The predicted octanol–water partition coefficient (Wildman–Crippen LogP) is 5.48. The van der Waals surface area contributed by atoms with Gasteiger partial charge in [0, 0.05) is 35.4 Å². The van der Waals surface area contributed by atoms with E-state index >= 15 is 4.39 Å². The smallest absolute Gasteiger partial charge is 0.307 e. The summed E-state index contributed by atoms with van der Waals surface area (Å²) in [5.41, 5.74) is 2.17. The molecule has 0 spiro atoms. The van der Waals surface area contributed by atoms with E-state index < -0.39 is 28.8 Å². The van der Waals surface area contributed by atoms with Crippen molar-refractivity contribution in [2.24, 2.45) is 17.8 Å². The maximum absolute atomic E-state index is 15.1. The molecule has 6 rings (SSSR count). The van der Waals surface area contributed by atoms with Gasteiger partial charge in [-0.15, -0.1) is 0 Å². The van der Waals surface area contributed by atoms with E-state index in [1.165, 1.54) is 6.07 Å². The number of aromatic nitrogens is 1. The van der Waals surface area contributed by atoms with Crippen LogP contribution in [0.5, 0.6) is 11.6 Å². The van der Waals surface area contributed by atoms with Crippen LogP contribution in [0.25, 0.3) is 11.1 Å². The monoisotopic (exact) mass is 579 g/mol. The van der Waals surface area contributed by atoms with E-state index in [0.717, 1.165) is 28.3 Å². The Morgan fingerprint density at radius 2 is 1.67 bits per heavy atom. The Hall–Kier alpha value is -3.56. The standard InChI is InChI=1S/C33H35F2NO6/c1-16-5-21(41-14-18-11-32(3,39)33(4,40)12-18)6-17(2)28(16)22-8-20(25(34)10-26(22)35)15-42-27-9-19-7-23-29(24(19)13-36-27)30(23)31(37)38/h5-6,8-10,13,18,23,29-30,39-40H,7,11-12,14-15H2,1-4H3,(H,37,38)/t18?,23-,29-,30+,32?,33?/m1/s1. The first-order chi connectivity index (χ1) is 19.8. The van der Waals surface area contributed by atoms with E-state index in [-0.39, 0.29) is 41.4 Å². The average Bonchev–Trinajstić information content (AvgIpc) is 3.41. The number of aryl methyl sites for hydroxylation is 2. The van der Waals surface area contributed by atoms with E-state index in [4.69, 9.17) is 9.47 Å². The van der Waals surface area contributed by atoms with Crippen molar-refractivity contribution in [3.63, 3.8) is 0 Å². The molecule has 0 aliphatic heterocycles. The molecule has 1 aromatic heterocycles. The van der Waals surface area contributed by atoms with Crippen LogP contribution >= 0.6 is 0 Å². The molecule has 3 N–H and O–H groups in total. The van der Waals surface area contributed by atoms with Gasteiger partial charge in [0.05, 0.1) is 23.7 Å². The summed E-state index contributed by atoms with van der Waals surface area (Å²) in [6.07, 6.45) is 3.16. The summed E-state index contributed by atoms with van der Waals surface area (Å²) in [5, 5.41) is 30.3. The number of carboxylic acids is 1. The summed E-state index contributed by atoms with van der Waals surface area (Å²) < 4.78 is 41.7. The van der Waals surface area contributed by atoms with Gasteiger partial charge in [-0.3, -0.25) is 4.79 Å². The number of pyridine rings is 1. The minimum atomic E-state index is -1.18. The van der Waals surface area contributed by atoms with Gasteiger partial charge < -0.3 is 24.8 Å². The number of halogens is 2. The molecule has 0 radical (unpaired) electrons. The van der Waals surface area contributed by atoms with Crippen molar-refractivity contribution in [1.29, 1.82) is 0 Å². The molecule has 0 bridgehead atoms. The molecular weight excluding hydrogens is 544 g/mol. The Kier molecular flexibility index (Phi) is 6.81. The maximum Gasteiger partial charge on any atom is 0.307 e. The van der Waals surface area contributed by atoms with Gasteiger partial charge in [0.2, 0.25) is 5.88 Å². The first-order valence-corrected chi connectivity index (χ1v) is 14.3. The SMILES string of the molecule is Cc1cc(OCC2CC(C)(O)C(C)(O)C2)cc(C)c1-c1cc(COc2cc3c(cn2)[C@H]2[C@@H](C3)[C@@H]2C(=O)O)c(F)cc1F. The zero-order chi connectivity index (χ0) is 30.1. The first kappa shape index (κ1) is 28.6. The summed E-state index contributed by atoms with van der Waals surface area (Å²) in [6, 6.07) is 7.72. The molecule has 3 aliphatic rings.